The van der Waals surface area contributed by atoms with Crippen LogP contribution in [0.15, 0.2) is 30.5 Å². The van der Waals surface area contributed by atoms with Gasteiger partial charge in [0.2, 0.25) is 0 Å². The zero-order valence-electron chi connectivity index (χ0n) is 14.9. The van der Waals surface area contributed by atoms with E-state index in [1.165, 1.54) is 32.1 Å². The first-order valence-corrected chi connectivity index (χ1v) is 9.38. The van der Waals surface area contributed by atoms with Crippen LogP contribution in [0.25, 0.3) is 11.3 Å². The number of nitrogens with one attached hydrogen (secondary N) is 1. The van der Waals surface area contributed by atoms with Gasteiger partial charge in [0.05, 0.1) is 25.5 Å². The van der Waals surface area contributed by atoms with Gasteiger partial charge in [-0.3, -0.25) is 0 Å². The molecule has 0 saturated heterocycles. The average molecular weight is 341 g/mol. The predicted molar refractivity (Wildman–Crippen MR) is 97.7 cm³/mol. The number of benzene rings is 1. The maximum absolute atomic E-state index is 6.02. The van der Waals surface area contributed by atoms with E-state index in [9.17, 15) is 0 Å². The molecular formula is C20H27N3O2. The van der Waals surface area contributed by atoms with E-state index in [1.54, 1.807) is 7.11 Å². The van der Waals surface area contributed by atoms with Crippen molar-refractivity contribution in [1.82, 2.24) is 14.9 Å². The van der Waals surface area contributed by atoms with Crippen LogP contribution in [0.2, 0.25) is 0 Å². The van der Waals surface area contributed by atoms with E-state index in [2.05, 4.69) is 22.1 Å². The first-order chi connectivity index (χ1) is 12.3. The van der Waals surface area contributed by atoms with Gasteiger partial charge in [-0.25, -0.2) is 4.98 Å². The molecule has 2 heterocycles. The number of imidazole rings is 1. The molecule has 0 spiro atoms. The van der Waals surface area contributed by atoms with Crippen molar-refractivity contribution in [2.75, 3.05) is 13.7 Å². The Labute approximate surface area is 149 Å². The Balaban J connectivity index is 1.42. The minimum Gasteiger partial charge on any atom is -0.496 e. The molecule has 2 aliphatic rings. The monoisotopic (exact) mass is 341 g/mol. The van der Waals surface area contributed by atoms with Crippen molar-refractivity contribution in [3.63, 3.8) is 0 Å². The summed E-state index contributed by atoms with van der Waals surface area (Å²) in [5.41, 5.74) is 1.99. The number of hydrogen-bond acceptors (Lipinski definition) is 4. The van der Waals surface area contributed by atoms with Gasteiger partial charge in [0.25, 0.3) is 0 Å². The van der Waals surface area contributed by atoms with Crippen LogP contribution in [-0.2, 0) is 17.9 Å². The van der Waals surface area contributed by atoms with Gasteiger partial charge >= 0.3 is 0 Å². The summed E-state index contributed by atoms with van der Waals surface area (Å²) in [6.07, 6.45) is 9.07. The van der Waals surface area contributed by atoms with Crippen LogP contribution >= 0.6 is 0 Å². The van der Waals surface area contributed by atoms with Crippen molar-refractivity contribution in [1.29, 1.82) is 0 Å². The highest BCUT2D eigenvalue weighted by atomic mass is 16.5. The average Bonchev–Trinajstić information content (AvgIpc) is 3.10. The van der Waals surface area contributed by atoms with Crippen LogP contribution in [0, 0.1) is 0 Å². The lowest BCUT2D eigenvalue weighted by Crippen LogP contribution is -2.41. The molecule has 0 bridgehead atoms. The van der Waals surface area contributed by atoms with Gasteiger partial charge in [0.1, 0.15) is 18.2 Å². The van der Waals surface area contributed by atoms with Gasteiger partial charge in [-0.1, -0.05) is 31.4 Å². The van der Waals surface area contributed by atoms with Crippen LogP contribution in [0.5, 0.6) is 5.75 Å². The van der Waals surface area contributed by atoms with E-state index in [-0.39, 0.29) is 6.10 Å². The van der Waals surface area contributed by atoms with Crippen LogP contribution in [0.4, 0.5) is 0 Å². The standard InChI is InChI=1S/C20H27N3O2/c1-24-19-10-6-5-9-17(19)18-13-23-12-16(25-14-20(23)22-18)11-21-15-7-3-2-4-8-15/h5-6,9-10,13,15-16,21H,2-4,7-8,11-12,14H2,1H3/t16-/m0/s1. The minimum absolute atomic E-state index is 0.217. The highest BCUT2D eigenvalue weighted by Crippen LogP contribution is 2.30. The summed E-state index contributed by atoms with van der Waals surface area (Å²) in [5, 5.41) is 3.70. The Morgan fingerprint density at radius 2 is 2.08 bits per heavy atom. The van der Waals surface area contributed by atoms with Crippen LogP contribution < -0.4 is 10.1 Å². The van der Waals surface area contributed by atoms with Gasteiger partial charge in [-0.15, -0.1) is 0 Å². The van der Waals surface area contributed by atoms with E-state index >= 15 is 0 Å². The van der Waals surface area contributed by atoms with Gasteiger partial charge in [0, 0.05) is 24.3 Å². The summed E-state index contributed by atoms with van der Waals surface area (Å²) in [5.74, 6) is 1.85. The molecule has 1 aliphatic heterocycles. The normalized spacial score (nSPS) is 21.1. The van der Waals surface area contributed by atoms with E-state index in [4.69, 9.17) is 14.5 Å². The molecule has 0 unspecified atom stereocenters. The van der Waals surface area contributed by atoms with Crippen molar-refractivity contribution in [3.05, 3.63) is 36.3 Å². The molecule has 1 aromatic heterocycles. The lowest BCUT2D eigenvalue weighted by atomic mass is 9.95. The molecule has 25 heavy (non-hydrogen) atoms. The van der Waals surface area contributed by atoms with Crippen molar-refractivity contribution in [3.8, 4) is 17.0 Å². The van der Waals surface area contributed by atoms with E-state index < -0.39 is 0 Å². The number of ether oxygens (including phenoxy) is 2. The van der Waals surface area contributed by atoms with Gasteiger partial charge in [0.15, 0.2) is 0 Å². The molecule has 1 saturated carbocycles. The Bertz CT molecular complexity index is 707. The molecule has 1 aromatic carbocycles. The van der Waals surface area contributed by atoms with E-state index in [0.29, 0.717) is 12.6 Å². The molecule has 1 fully saturated rings. The number of para-hydroxylation sites is 1. The van der Waals surface area contributed by atoms with Crippen molar-refractivity contribution in [2.45, 2.75) is 57.4 Å². The lowest BCUT2D eigenvalue weighted by Gasteiger charge is -2.28. The number of fused-ring (bicyclic) bond motifs is 1. The largest absolute Gasteiger partial charge is 0.496 e. The number of methoxy groups -OCH3 is 1. The second kappa shape index (κ2) is 7.58. The first-order valence-electron chi connectivity index (χ1n) is 9.38. The number of rotatable bonds is 5. The third-order valence-electron chi connectivity index (χ3n) is 5.33. The number of nitrogens with zero attached hydrogens (tertiary/aromatic N) is 2. The maximum atomic E-state index is 6.02. The first kappa shape index (κ1) is 16.6. The van der Waals surface area contributed by atoms with Gasteiger partial charge in [-0.05, 0) is 25.0 Å². The van der Waals surface area contributed by atoms with Crippen LogP contribution in [0.1, 0.15) is 37.9 Å². The third-order valence-corrected chi connectivity index (χ3v) is 5.33. The number of aromatic nitrogens is 2. The Morgan fingerprint density at radius 3 is 2.92 bits per heavy atom. The quantitative estimate of drug-likeness (QED) is 0.906. The zero-order chi connectivity index (χ0) is 17.1. The summed E-state index contributed by atoms with van der Waals surface area (Å²) < 4.78 is 13.7. The SMILES string of the molecule is COc1ccccc1-c1cn2c(n1)CO[C@@H](CNC1CCCCC1)C2. The van der Waals surface area contributed by atoms with Crippen LogP contribution in [0.3, 0.4) is 0 Å². The zero-order valence-corrected chi connectivity index (χ0v) is 14.9. The van der Waals surface area contributed by atoms with E-state index in [0.717, 1.165) is 35.9 Å². The molecule has 134 valence electrons. The van der Waals surface area contributed by atoms with E-state index in [1.807, 2.05) is 18.2 Å². The van der Waals surface area contributed by atoms with Crippen LogP contribution in [-0.4, -0.2) is 35.4 Å². The summed E-state index contributed by atoms with van der Waals surface area (Å²) >= 11 is 0. The fraction of sp³-hybridized carbons (Fsp3) is 0.550. The van der Waals surface area contributed by atoms with Crippen molar-refractivity contribution >= 4 is 0 Å². The molecule has 5 nitrogen and oxygen atoms in total. The summed E-state index contributed by atoms with van der Waals surface area (Å²) in [7, 11) is 1.70. The maximum Gasteiger partial charge on any atom is 0.135 e. The Morgan fingerprint density at radius 1 is 1.24 bits per heavy atom. The highest BCUT2D eigenvalue weighted by molar-refractivity contribution is 5.66. The van der Waals surface area contributed by atoms with Gasteiger partial charge < -0.3 is 19.4 Å². The topological polar surface area (TPSA) is 48.3 Å². The molecule has 1 N–H and O–H groups in total. The molecular weight excluding hydrogens is 314 g/mol. The molecule has 1 aliphatic carbocycles. The fourth-order valence-electron chi connectivity index (χ4n) is 3.91. The third kappa shape index (κ3) is 3.72. The lowest BCUT2D eigenvalue weighted by molar-refractivity contribution is 0.000876. The minimum atomic E-state index is 0.217. The predicted octanol–water partition coefficient (Wildman–Crippen LogP) is 3.38. The summed E-state index contributed by atoms with van der Waals surface area (Å²) in [6, 6.07) is 8.69. The molecule has 4 rings (SSSR count). The molecule has 1 atom stereocenters. The Kier molecular flexibility index (Phi) is 5.04. The molecule has 5 heteroatoms. The number of hydrogen-bond donors (Lipinski definition) is 1. The molecule has 0 radical (unpaired) electrons. The molecule has 2 aromatic rings. The van der Waals surface area contributed by atoms with Gasteiger partial charge in [-0.2, -0.15) is 0 Å². The second-order valence-electron chi connectivity index (χ2n) is 7.07. The summed E-state index contributed by atoms with van der Waals surface area (Å²) in [6.45, 7) is 2.36. The molecule has 0 amide bonds. The van der Waals surface area contributed by atoms with Crippen molar-refractivity contribution < 1.29 is 9.47 Å². The fourth-order valence-corrected chi connectivity index (χ4v) is 3.91. The second-order valence-corrected chi connectivity index (χ2v) is 7.07. The highest BCUT2D eigenvalue weighted by Gasteiger charge is 2.23. The Hall–Kier alpha value is -1.85. The summed E-state index contributed by atoms with van der Waals surface area (Å²) in [4.78, 5) is 4.75. The van der Waals surface area contributed by atoms with Crippen molar-refractivity contribution in [2.24, 2.45) is 0 Å². The smallest absolute Gasteiger partial charge is 0.135 e.